The Hall–Kier alpha value is -2.42. The number of carboxylic acids is 1. The van der Waals surface area contributed by atoms with Gasteiger partial charge in [0.15, 0.2) is 0 Å². The van der Waals surface area contributed by atoms with E-state index in [4.69, 9.17) is 11.6 Å². The lowest BCUT2D eigenvalue weighted by atomic mass is 9.95. The molecule has 0 bridgehead atoms. The van der Waals surface area contributed by atoms with Gasteiger partial charge >= 0.3 is 5.97 Å². The molecule has 9 heteroatoms. The first kappa shape index (κ1) is 23.2. The van der Waals surface area contributed by atoms with Crippen LogP contribution in [0, 0.1) is 0 Å². The number of halogens is 1. The maximum absolute atomic E-state index is 13.5. The van der Waals surface area contributed by atoms with Crippen LogP contribution in [-0.2, 0) is 32.6 Å². The summed E-state index contributed by atoms with van der Waals surface area (Å²) >= 11 is 5.88. The van der Waals surface area contributed by atoms with Crippen LogP contribution in [-0.4, -0.2) is 41.8 Å². The SMILES string of the molecule is CCCC[C@@H](C(=O)O)N(C(=O)[C@@H]1Cc2ccccc2CN1)S(=O)(=O)c1ccc(Cl)cc1. The first-order valence-corrected chi connectivity index (χ1v) is 11.9. The third kappa shape index (κ3) is 5.08. The Morgan fingerprint density at radius 3 is 2.42 bits per heavy atom. The topological polar surface area (TPSA) is 104 Å². The number of hydrogen-bond acceptors (Lipinski definition) is 5. The zero-order valence-electron chi connectivity index (χ0n) is 17.1. The van der Waals surface area contributed by atoms with Crippen LogP contribution in [0.4, 0.5) is 0 Å². The third-order valence-corrected chi connectivity index (χ3v) is 7.44. The van der Waals surface area contributed by atoms with Crippen LogP contribution in [0.2, 0.25) is 5.02 Å². The van der Waals surface area contributed by atoms with Gasteiger partial charge in [-0.15, -0.1) is 0 Å². The molecule has 3 rings (SSSR count). The summed E-state index contributed by atoms with van der Waals surface area (Å²) in [5.41, 5.74) is 1.96. The molecule has 166 valence electrons. The van der Waals surface area contributed by atoms with E-state index in [-0.39, 0.29) is 17.7 Å². The van der Waals surface area contributed by atoms with Crippen LogP contribution >= 0.6 is 11.6 Å². The highest BCUT2D eigenvalue weighted by atomic mass is 35.5. The van der Waals surface area contributed by atoms with Crippen molar-refractivity contribution in [1.29, 1.82) is 0 Å². The Morgan fingerprint density at radius 1 is 1.16 bits per heavy atom. The van der Waals surface area contributed by atoms with Gasteiger partial charge in [-0.1, -0.05) is 55.6 Å². The van der Waals surface area contributed by atoms with E-state index >= 15 is 0 Å². The lowest BCUT2D eigenvalue weighted by Crippen LogP contribution is -2.56. The van der Waals surface area contributed by atoms with Crippen molar-refractivity contribution in [3.05, 3.63) is 64.7 Å². The number of hydrogen-bond donors (Lipinski definition) is 2. The largest absolute Gasteiger partial charge is 0.480 e. The third-order valence-electron chi connectivity index (χ3n) is 5.37. The minimum Gasteiger partial charge on any atom is -0.480 e. The van der Waals surface area contributed by atoms with Crippen molar-refractivity contribution in [3.63, 3.8) is 0 Å². The van der Waals surface area contributed by atoms with Crippen LogP contribution in [0.15, 0.2) is 53.4 Å². The van der Waals surface area contributed by atoms with E-state index in [2.05, 4.69) is 5.32 Å². The van der Waals surface area contributed by atoms with Crippen molar-refractivity contribution < 1.29 is 23.1 Å². The fraction of sp³-hybridized carbons (Fsp3) is 0.364. The molecule has 0 spiro atoms. The number of carbonyl (C=O) groups is 2. The number of carboxylic acid groups (broad SMARTS) is 1. The molecule has 1 aliphatic heterocycles. The van der Waals surface area contributed by atoms with Gasteiger partial charge in [0.25, 0.3) is 15.9 Å². The standard InChI is InChI=1S/C22H25ClN2O5S/c1-2-3-8-20(22(27)28)25(31(29,30)18-11-9-17(23)10-12-18)21(26)19-13-15-6-4-5-7-16(15)14-24-19/h4-7,9-12,19-20,24H,2-3,8,13-14H2,1H3,(H,27,28)/t19-,20-/m0/s1. The molecule has 2 aromatic carbocycles. The molecular formula is C22H25ClN2O5S. The number of amides is 1. The summed E-state index contributed by atoms with van der Waals surface area (Å²) in [6, 6.07) is 10.6. The molecule has 7 nitrogen and oxygen atoms in total. The molecule has 0 radical (unpaired) electrons. The van der Waals surface area contributed by atoms with Crippen molar-refractivity contribution in [2.24, 2.45) is 0 Å². The number of fused-ring (bicyclic) bond motifs is 1. The Morgan fingerprint density at radius 2 is 1.81 bits per heavy atom. The average Bonchev–Trinajstić information content (AvgIpc) is 2.75. The summed E-state index contributed by atoms with van der Waals surface area (Å²) in [4.78, 5) is 25.4. The van der Waals surface area contributed by atoms with Crippen LogP contribution in [0.1, 0.15) is 37.3 Å². The molecular weight excluding hydrogens is 440 g/mol. The van der Waals surface area contributed by atoms with E-state index < -0.39 is 34.0 Å². The summed E-state index contributed by atoms with van der Waals surface area (Å²) in [6.07, 6.45) is 1.45. The van der Waals surface area contributed by atoms with Crippen LogP contribution in [0.25, 0.3) is 0 Å². The first-order valence-electron chi connectivity index (χ1n) is 10.1. The molecule has 1 amide bonds. The average molecular weight is 465 g/mol. The number of nitrogens with one attached hydrogen (secondary N) is 1. The Bertz CT molecular complexity index is 1060. The minimum atomic E-state index is -4.41. The molecule has 0 aromatic heterocycles. The number of sulfonamides is 1. The van der Waals surface area contributed by atoms with E-state index in [1.165, 1.54) is 24.3 Å². The van der Waals surface area contributed by atoms with Crippen LogP contribution in [0.3, 0.4) is 0 Å². The van der Waals surface area contributed by atoms with E-state index in [1.54, 1.807) is 0 Å². The zero-order valence-corrected chi connectivity index (χ0v) is 18.7. The molecule has 0 aliphatic carbocycles. The first-order chi connectivity index (χ1) is 14.8. The predicted molar refractivity (Wildman–Crippen MR) is 117 cm³/mol. The lowest BCUT2D eigenvalue weighted by Gasteiger charge is -2.33. The van der Waals surface area contributed by atoms with Crippen LogP contribution < -0.4 is 5.32 Å². The summed E-state index contributed by atoms with van der Waals surface area (Å²) in [5, 5.41) is 13.2. The quantitative estimate of drug-likeness (QED) is 0.621. The number of benzene rings is 2. The van der Waals surface area contributed by atoms with Gasteiger partial charge in [0.1, 0.15) is 6.04 Å². The summed E-state index contributed by atoms with van der Waals surface area (Å²) in [5.74, 6) is -2.12. The predicted octanol–water partition coefficient (Wildman–Crippen LogP) is 3.22. The summed E-state index contributed by atoms with van der Waals surface area (Å²) in [7, 11) is -4.41. The van der Waals surface area contributed by atoms with Crippen molar-refractivity contribution in [2.75, 3.05) is 0 Å². The van der Waals surface area contributed by atoms with Crippen LogP contribution in [0.5, 0.6) is 0 Å². The Balaban J connectivity index is 2.02. The van der Waals surface area contributed by atoms with Gasteiger partial charge in [0.05, 0.1) is 10.9 Å². The number of nitrogens with zero attached hydrogens (tertiary/aromatic N) is 1. The Labute approximate surface area is 187 Å². The molecule has 2 aromatic rings. The molecule has 1 aliphatic rings. The summed E-state index contributed by atoms with van der Waals surface area (Å²) < 4.78 is 27.5. The van der Waals surface area contributed by atoms with E-state index in [1.807, 2.05) is 31.2 Å². The molecule has 0 saturated heterocycles. The van der Waals surface area contributed by atoms with Gasteiger partial charge in [0.2, 0.25) is 0 Å². The second kappa shape index (κ2) is 9.80. The van der Waals surface area contributed by atoms with Crippen molar-refractivity contribution in [2.45, 2.75) is 56.1 Å². The van der Waals surface area contributed by atoms with E-state index in [0.29, 0.717) is 28.7 Å². The molecule has 0 fully saturated rings. The van der Waals surface area contributed by atoms with Crippen molar-refractivity contribution >= 4 is 33.5 Å². The molecule has 0 saturated carbocycles. The lowest BCUT2D eigenvalue weighted by molar-refractivity contribution is -0.147. The Kier molecular flexibility index (Phi) is 7.35. The summed E-state index contributed by atoms with van der Waals surface area (Å²) in [6.45, 7) is 2.27. The molecule has 2 atom stereocenters. The molecule has 1 heterocycles. The monoisotopic (exact) mass is 464 g/mol. The molecule has 0 unspecified atom stereocenters. The highest BCUT2D eigenvalue weighted by molar-refractivity contribution is 7.89. The number of aliphatic carboxylic acids is 1. The van der Waals surface area contributed by atoms with Crippen molar-refractivity contribution in [1.82, 2.24) is 9.62 Å². The highest BCUT2D eigenvalue weighted by Gasteiger charge is 2.42. The van der Waals surface area contributed by atoms with Gasteiger partial charge in [-0.3, -0.25) is 4.79 Å². The minimum absolute atomic E-state index is 0.0354. The second-order valence-corrected chi connectivity index (χ2v) is 9.75. The second-order valence-electron chi connectivity index (χ2n) is 7.50. The van der Waals surface area contributed by atoms with Gasteiger partial charge in [0, 0.05) is 11.6 Å². The fourth-order valence-corrected chi connectivity index (χ4v) is 5.41. The van der Waals surface area contributed by atoms with E-state index in [0.717, 1.165) is 11.1 Å². The fourth-order valence-electron chi connectivity index (χ4n) is 3.68. The number of rotatable bonds is 8. The number of carbonyl (C=O) groups excluding carboxylic acids is 1. The van der Waals surface area contributed by atoms with Gasteiger partial charge in [-0.2, -0.15) is 0 Å². The normalized spacial score (nSPS) is 16.9. The maximum Gasteiger partial charge on any atom is 0.327 e. The maximum atomic E-state index is 13.5. The highest BCUT2D eigenvalue weighted by Crippen LogP contribution is 2.26. The van der Waals surface area contributed by atoms with Gasteiger partial charge < -0.3 is 10.4 Å². The van der Waals surface area contributed by atoms with Crippen molar-refractivity contribution in [3.8, 4) is 0 Å². The zero-order chi connectivity index (χ0) is 22.6. The molecule has 31 heavy (non-hydrogen) atoms. The number of unbranched alkanes of at least 4 members (excludes halogenated alkanes) is 1. The van der Waals surface area contributed by atoms with Gasteiger partial charge in [-0.05, 0) is 48.2 Å². The molecule has 2 N–H and O–H groups in total. The van der Waals surface area contributed by atoms with E-state index in [9.17, 15) is 23.1 Å². The van der Waals surface area contributed by atoms with Gasteiger partial charge in [-0.25, -0.2) is 17.5 Å². The smallest absolute Gasteiger partial charge is 0.327 e.